The van der Waals surface area contributed by atoms with Crippen LogP contribution in [-0.2, 0) is 21.4 Å². The van der Waals surface area contributed by atoms with E-state index in [4.69, 9.17) is 0 Å². The first-order chi connectivity index (χ1) is 11.8. The van der Waals surface area contributed by atoms with Gasteiger partial charge in [-0.2, -0.15) is 0 Å². The molecule has 1 fully saturated rings. The van der Waals surface area contributed by atoms with E-state index in [-0.39, 0.29) is 23.3 Å². The Morgan fingerprint density at radius 2 is 1.72 bits per heavy atom. The summed E-state index contributed by atoms with van der Waals surface area (Å²) in [6, 6.07) is 8.78. The smallest absolute Gasteiger partial charge is 0.222 e. The standard InChI is InChI=1S/C21H32N2O2/c1-5-20(25)23-14-12-18(13-15-23)22-19(24)11-8-16-6-9-17(10-7-16)21(2,3)4/h6-7,9-10,18H,5,8,11-15H2,1-4H3,(H,22,24). The third kappa shape index (κ3) is 5.87. The molecule has 0 radical (unpaired) electrons. The molecule has 1 aromatic rings. The van der Waals surface area contributed by atoms with Gasteiger partial charge < -0.3 is 10.2 Å². The first kappa shape index (κ1) is 19.5. The lowest BCUT2D eigenvalue weighted by Gasteiger charge is -2.32. The maximum Gasteiger partial charge on any atom is 0.222 e. The zero-order chi connectivity index (χ0) is 18.4. The molecule has 1 saturated heterocycles. The minimum atomic E-state index is 0.111. The summed E-state index contributed by atoms with van der Waals surface area (Å²) in [6.07, 6.45) is 3.56. The van der Waals surface area contributed by atoms with E-state index in [2.05, 4.69) is 50.4 Å². The number of rotatable bonds is 5. The molecule has 1 heterocycles. The number of carbonyl (C=O) groups excluding carboxylic acids is 2. The molecule has 138 valence electrons. The monoisotopic (exact) mass is 344 g/mol. The van der Waals surface area contributed by atoms with E-state index in [0.29, 0.717) is 12.8 Å². The van der Waals surface area contributed by atoms with Gasteiger partial charge in [-0.1, -0.05) is 52.0 Å². The molecule has 0 atom stereocenters. The molecule has 25 heavy (non-hydrogen) atoms. The molecule has 1 N–H and O–H groups in total. The third-order valence-electron chi connectivity index (χ3n) is 4.98. The lowest BCUT2D eigenvalue weighted by atomic mass is 9.86. The molecule has 2 rings (SSSR count). The second-order valence-corrected chi connectivity index (χ2v) is 8.02. The molecule has 0 spiro atoms. The van der Waals surface area contributed by atoms with E-state index in [9.17, 15) is 9.59 Å². The fourth-order valence-corrected chi connectivity index (χ4v) is 3.23. The fraction of sp³-hybridized carbons (Fsp3) is 0.619. The van der Waals surface area contributed by atoms with Crippen LogP contribution in [0.15, 0.2) is 24.3 Å². The zero-order valence-electron chi connectivity index (χ0n) is 16.1. The molecule has 1 aliphatic rings. The highest BCUT2D eigenvalue weighted by Crippen LogP contribution is 2.22. The number of likely N-dealkylation sites (tertiary alicyclic amines) is 1. The molecule has 0 aromatic heterocycles. The van der Waals surface area contributed by atoms with Gasteiger partial charge >= 0.3 is 0 Å². The topological polar surface area (TPSA) is 49.4 Å². The molecule has 1 aliphatic heterocycles. The van der Waals surface area contributed by atoms with E-state index in [0.717, 1.165) is 32.4 Å². The number of aryl methyl sites for hydroxylation is 1. The highest BCUT2D eigenvalue weighted by molar-refractivity contribution is 5.77. The lowest BCUT2D eigenvalue weighted by Crippen LogP contribution is -2.46. The Labute approximate surface area is 152 Å². The van der Waals surface area contributed by atoms with Crippen LogP contribution in [0.5, 0.6) is 0 Å². The van der Waals surface area contributed by atoms with Crippen molar-refractivity contribution in [1.29, 1.82) is 0 Å². The van der Waals surface area contributed by atoms with Gasteiger partial charge in [-0.3, -0.25) is 9.59 Å². The SMILES string of the molecule is CCC(=O)N1CCC(NC(=O)CCc2ccc(C(C)(C)C)cc2)CC1. The molecule has 2 amide bonds. The van der Waals surface area contributed by atoms with Crippen molar-refractivity contribution in [3.05, 3.63) is 35.4 Å². The number of carbonyl (C=O) groups is 2. The highest BCUT2D eigenvalue weighted by atomic mass is 16.2. The van der Waals surface area contributed by atoms with Crippen molar-refractivity contribution >= 4 is 11.8 Å². The lowest BCUT2D eigenvalue weighted by molar-refractivity contribution is -0.132. The highest BCUT2D eigenvalue weighted by Gasteiger charge is 2.22. The predicted octanol–water partition coefficient (Wildman–Crippen LogP) is 3.43. The average molecular weight is 344 g/mol. The van der Waals surface area contributed by atoms with E-state index in [1.54, 1.807) is 0 Å². The first-order valence-corrected chi connectivity index (χ1v) is 9.46. The van der Waals surface area contributed by atoms with Crippen molar-refractivity contribution in [2.24, 2.45) is 0 Å². The van der Waals surface area contributed by atoms with Crippen molar-refractivity contribution in [2.75, 3.05) is 13.1 Å². The van der Waals surface area contributed by atoms with Gasteiger partial charge in [0.05, 0.1) is 0 Å². The van der Waals surface area contributed by atoms with E-state index in [1.165, 1.54) is 11.1 Å². The second kappa shape index (κ2) is 8.50. The summed E-state index contributed by atoms with van der Waals surface area (Å²) in [5.74, 6) is 0.323. The van der Waals surface area contributed by atoms with Gasteiger partial charge in [0, 0.05) is 32.0 Å². The number of benzene rings is 1. The Bertz CT molecular complexity index is 579. The Hall–Kier alpha value is -1.84. The number of hydrogen-bond acceptors (Lipinski definition) is 2. The van der Waals surface area contributed by atoms with Crippen molar-refractivity contribution < 1.29 is 9.59 Å². The molecule has 0 unspecified atom stereocenters. The predicted molar refractivity (Wildman–Crippen MR) is 101 cm³/mol. The van der Waals surface area contributed by atoms with Gasteiger partial charge in [0.15, 0.2) is 0 Å². The van der Waals surface area contributed by atoms with Crippen LogP contribution in [-0.4, -0.2) is 35.8 Å². The summed E-state index contributed by atoms with van der Waals surface area (Å²) < 4.78 is 0. The van der Waals surface area contributed by atoms with Crippen LogP contribution in [0.2, 0.25) is 0 Å². The van der Waals surface area contributed by atoms with Crippen LogP contribution in [0, 0.1) is 0 Å². The normalized spacial score (nSPS) is 15.9. The second-order valence-electron chi connectivity index (χ2n) is 8.02. The Morgan fingerprint density at radius 1 is 1.12 bits per heavy atom. The molecule has 0 aliphatic carbocycles. The zero-order valence-corrected chi connectivity index (χ0v) is 16.1. The summed E-state index contributed by atoms with van der Waals surface area (Å²) in [7, 11) is 0. The summed E-state index contributed by atoms with van der Waals surface area (Å²) >= 11 is 0. The summed E-state index contributed by atoms with van der Waals surface area (Å²) in [5, 5.41) is 3.13. The maximum absolute atomic E-state index is 12.2. The molecule has 0 saturated carbocycles. The number of piperidine rings is 1. The van der Waals surface area contributed by atoms with E-state index >= 15 is 0 Å². The van der Waals surface area contributed by atoms with E-state index < -0.39 is 0 Å². The number of amides is 2. The average Bonchev–Trinajstić information content (AvgIpc) is 2.59. The Balaban J connectivity index is 1.73. The molecule has 4 heteroatoms. The van der Waals surface area contributed by atoms with Crippen LogP contribution >= 0.6 is 0 Å². The molecule has 4 nitrogen and oxygen atoms in total. The van der Waals surface area contributed by atoms with Crippen LogP contribution in [0.1, 0.15) is 64.5 Å². The van der Waals surface area contributed by atoms with Crippen LogP contribution < -0.4 is 5.32 Å². The molecular weight excluding hydrogens is 312 g/mol. The van der Waals surface area contributed by atoms with Gasteiger partial charge in [-0.15, -0.1) is 0 Å². The Morgan fingerprint density at radius 3 is 2.24 bits per heavy atom. The van der Waals surface area contributed by atoms with Crippen LogP contribution in [0.4, 0.5) is 0 Å². The van der Waals surface area contributed by atoms with Gasteiger partial charge in [0.2, 0.25) is 11.8 Å². The quantitative estimate of drug-likeness (QED) is 0.889. The van der Waals surface area contributed by atoms with Crippen LogP contribution in [0.25, 0.3) is 0 Å². The molecular formula is C21H32N2O2. The largest absolute Gasteiger partial charge is 0.353 e. The van der Waals surface area contributed by atoms with E-state index in [1.807, 2.05) is 11.8 Å². The maximum atomic E-state index is 12.2. The van der Waals surface area contributed by atoms with Crippen molar-refractivity contribution in [1.82, 2.24) is 10.2 Å². The summed E-state index contributed by atoms with van der Waals surface area (Å²) in [4.78, 5) is 25.8. The number of hydrogen-bond donors (Lipinski definition) is 1. The van der Waals surface area contributed by atoms with Gasteiger partial charge in [-0.25, -0.2) is 0 Å². The van der Waals surface area contributed by atoms with Gasteiger partial charge in [0.25, 0.3) is 0 Å². The van der Waals surface area contributed by atoms with Crippen molar-refractivity contribution in [3.63, 3.8) is 0 Å². The number of nitrogens with zero attached hydrogens (tertiary/aromatic N) is 1. The molecule has 1 aromatic carbocycles. The molecule has 0 bridgehead atoms. The minimum absolute atomic E-state index is 0.111. The third-order valence-corrected chi connectivity index (χ3v) is 4.98. The van der Waals surface area contributed by atoms with Gasteiger partial charge in [-0.05, 0) is 35.8 Å². The fourth-order valence-electron chi connectivity index (χ4n) is 3.23. The van der Waals surface area contributed by atoms with Crippen molar-refractivity contribution in [2.45, 2.75) is 71.3 Å². The number of nitrogens with one attached hydrogen (secondary N) is 1. The Kier molecular flexibility index (Phi) is 6.63. The first-order valence-electron chi connectivity index (χ1n) is 9.46. The minimum Gasteiger partial charge on any atom is -0.353 e. The van der Waals surface area contributed by atoms with Crippen LogP contribution in [0.3, 0.4) is 0 Å². The summed E-state index contributed by atoms with van der Waals surface area (Å²) in [5.41, 5.74) is 2.67. The van der Waals surface area contributed by atoms with Crippen molar-refractivity contribution in [3.8, 4) is 0 Å². The van der Waals surface area contributed by atoms with Gasteiger partial charge in [0.1, 0.15) is 0 Å². The summed E-state index contributed by atoms with van der Waals surface area (Å²) in [6.45, 7) is 10.0.